The van der Waals surface area contributed by atoms with Crippen LogP contribution >= 0.6 is 27.7 Å². The number of hydrogen-bond acceptors (Lipinski definition) is 4. The SMILES string of the molecule is O=C(CC1CSCCN1)OCc1ccccc1Br. The lowest BCUT2D eigenvalue weighted by molar-refractivity contribution is -0.145. The zero-order valence-corrected chi connectivity index (χ0v) is 12.4. The van der Waals surface area contributed by atoms with E-state index in [4.69, 9.17) is 4.74 Å². The van der Waals surface area contributed by atoms with Gasteiger partial charge in [-0.05, 0) is 6.07 Å². The van der Waals surface area contributed by atoms with Gasteiger partial charge in [-0.3, -0.25) is 4.79 Å². The van der Waals surface area contributed by atoms with E-state index in [1.54, 1.807) is 0 Å². The average Bonchev–Trinajstić information content (AvgIpc) is 2.39. The fourth-order valence-corrected chi connectivity index (χ4v) is 3.13. The summed E-state index contributed by atoms with van der Waals surface area (Å²) in [7, 11) is 0. The van der Waals surface area contributed by atoms with E-state index in [1.165, 1.54) is 0 Å². The minimum Gasteiger partial charge on any atom is -0.461 e. The topological polar surface area (TPSA) is 38.3 Å². The molecular formula is C13H16BrNO2S. The number of halogens is 1. The van der Waals surface area contributed by atoms with Crippen LogP contribution < -0.4 is 5.32 Å². The maximum atomic E-state index is 11.7. The van der Waals surface area contributed by atoms with E-state index in [2.05, 4.69) is 21.2 Å². The molecule has 1 fully saturated rings. The molecule has 2 rings (SSSR count). The summed E-state index contributed by atoms with van der Waals surface area (Å²) in [6.07, 6.45) is 0.456. The molecule has 98 valence electrons. The van der Waals surface area contributed by atoms with Gasteiger partial charge in [-0.2, -0.15) is 11.8 Å². The highest BCUT2D eigenvalue weighted by Crippen LogP contribution is 2.17. The third-order valence-corrected chi connectivity index (χ3v) is 4.66. The Hall–Kier alpha value is -0.520. The lowest BCUT2D eigenvalue weighted by Gasteiger charge is -2.22. The Morgan fingerprint density at radius 2 is 2.33 bits per heavy atom. The number of nitrogens with one attached hydrogen (secondary N) is 1. The van der Waals surface area contributed by atoms with Crippen LogP contribution in [0.2, 0.25) is 0 Å². The predicted molar refractivity (Wildman–Crippen MR) is 77.7 cm³/mol. The Bertz CT molecular complexity index is 408. The highest BCUT2D eigenvalue weighted by Gasteiger charge is 2.17. The summed E-state index contributed by atoms with van der Waals surface area (Å²) < 4.78 is 6.27. The molecule has 0 bridgehead atoms. The first kappa shape index (κ1) is 13.9. The standard InChI is InChI=1S/C13H16BrNO2S/c14-12-4-2-1-3-10(12)8-17-13(16)7-11-9-18-6-5-15-11/h1-4,11,15H,5-9H2. The van der Waals surface area contributed by atoms with Crippen LogP contribution in [0.1, 0.15) is 12.0 Å². The van der Waals surface area contributed by atoms with Crippen LogP contribution in [0.15, 0.2) is 28.7 Å². The molecule has 1 aromatic rings. The Balaban J connectivity index is 1.76. The van der Waals surface area contributed by atoms with Crippen LogP contribution in [-0.4, -0.2) is 30.1 Å². The normalized spacial score (nSPS) is 19.5. The fraction of sp³-hybridized carbons (Fsp3) is 0.462. The highest BCUT2D eigenvalue weighted by molar-refractivity contribution is 9.10. The number of hydrogen-bond donors (Lipinski definition) is 1. The molecule has 1 N–H and O–H groups in total. The highest BCUT2D eigenvalue weighted by atomic mass is 79.9. The lowest BCUT2D eigenvalue weighted by atomic mass is 10.2. The van der Waals surface area contributed by atoms with E-state index in [1.807, 2.05) is 36.0 Å². The molecule has 3 nitrogen and oxygen atoms in total. The molecule has 0 radical (unpaired) electrons. The minimum absolute atomic E-state index is 0.134. The molecule has 1 aliphatic rings. The van der Waals surface area contributed by atoms with Crippen molar-refractivity contribution in [2.75, 3.05) is 18.1 Å². The molecule has 1 unspecified atom stereocenters. The Kier molecular flexibility index (Phi) is 5.53. The number of thioether (sulfide) groups is 1. The molecule has 1 aromatic carbocycles. The maximum Gasteiger partial charge on any atom is 0.307 e. The zero-order valence-electron chi connectivity index (χ0n) is 10.0. The summed E-state index contributed by atoms with van der Waals surface area (Å²) in [5, 5.41) is 3.33. The predicted octanol–water partition coefficient (Wildman–Crippen LogP) is 2.59. The van der Waals surface area contributed by atoms with Gasteiger partial charge >= 0.3 is 5.97 Å². The first-order valence-corrected chi connectivity index (χ1v) is 7.90. The van der Waals surface area contributed by atoms with Crippen molar-refractivity contribution in [2.45, 2.75) is 19.1 Å². The summed E-state index contributed by atoms with van der Waals surface area (Å²) in [5.41, 5.74) is 0.997. The van der Waals surface area contributed by atoms with Crippen LogP contribution in [0, 0.1) is 0 Å². The van der Waals surface area contributed by atoms with Gasteiger partial charge in [0.1, 0.15) is 6.61 Å². The van der Waals surface area contributed by atoms with Crippen LogP contribution in [0.4, 0.5) is 0 Å². The molecule has 1 saturated heterocycles. The zero-order chi connectivity index (χ0) is 12.8. The van der Waals surface area contributed by atoms with Crippen molar-refractivity contribution in [3.05, 3.63) is 34.3 Å². The Morgan fingerprint density at radius 3 is 3.06 bits per heavy atom. The van der Waals surface area contributed by atoms with Gasteiger partial charge in [-0.1, -0.05) is 34.1 Å². The first-order valence-electron chi connectivity index (χ1n) is 5.96. The van der Waals surface area contributed by atoms with Gasteiger partial charge in [0.15, 0.2) is 0 Å². The van der Waals surface area contributed by atoms with Crippen molar-refractivity contribution in [1.29, 1.82) is 0 Å². The first-order chi connectivity index (χ1) is 8.75. The van der Waals surface area contributed by atoms with Crippen molar-refractivity contribution >= 4 is 33.7 Å². The second kappa shape index (κ2) is 7.16. The van der Waals surface area contributed by atoms with Gasteiger partial charge in [0, 0.05) is 34.1 Å². The van der Waals surface area contributed by atoms with Crippen LogP contribution in [-0.2, 0) is 16.1 Å². The number of carbonyl (C=O) groups excluding carboxylic acids is 1. The summed E-state index contributed by atoms with van der Waals surface area (Å²) in [6.45, 7) is 1.31. The van der Waals surface area contributed by atoms with Gasteiger partial charge in [-0.15, -0.1) is 0 Å². The van der Waals surface area contributed by atoms with Crippen LogP contribution in [0.3, 0.4) is 0 Å². The van der Waals surface area contributed by atoms with Gasteiger partial charge < -0.3 is 10.1 Å². The number of esters is 1. The van der Waals surface area contributed by atoms with Crippen molar-refractivity contribution < 1.29 is 9.53 Å². The van der Waals surface area contributed by atoms with Crippen molar-refractivity contribution in [2.24, 2.45) is 0 Å². The van der Waals surface area contributed by atoms with Crippen LogP contribution in [0.5, 0.6) is 0 Å². The third-order valence-electron chi connectivity index (χ3n) is 2.76. The molecule has 18 heavy (non-hydrogen) atoms. The summed E-state index contributed by atoms with van der Waals surface area (Å²) in [4.78, 5) is 11.7. The smallest absolute Gasteiger partial charge is 0.307 e. The molecule has 0 saturated carbocycles. The van der Waals surface area contributed by atoms with Gasteiger partial charge in [0.2, 0.25) is 0 Å². The van der Waals surface area contributed by atoms with Crippen molar-refractivity contribution in [3.63, 3.8) is 0 Å². The lowest BCUT2D eigenvalue weighted by Crippen LogP contribution is -2.39. The Labute approximate surface area is 120 Å². The second-order valence-corrected chi connectivity index (χ2v) is 6.19. The average molecular weight is 330 g/mol. The monoisotopic (exact) mass is 329 g/mol. The molecule has 1 aliphatic heterocycles. The largest absolute Gasteiger partial charge is 0.461 e. The maximum absolute atomic E-state index is 11.7. The summed E-state index contributed by atoms with van der Waals surface area (Å²) in [6, 6.07) is 8.04. The fourth-order valence-electron chi connectivity index (χ4n) is 1.78. The van der Waals surface area contributed by atoms with E-state index in [-0.39, 0.29) is 12.0 Å². The third kappa shape index (κ3) is 4.30. The number of rotatable bonds is 4. The summed E-state index contributed by atoms with van der Waals surface area (Å²) >= 11 is 5.32. The van der Waals surface area contributed by atoms with Crippen molar-refractivity contribution in [1.82, 2.24) is 5.32 Å². The molecule has 0 aromatic heterocycles. The second-order valence-electron chi connectivity index (χ2n) is 4.18. The van der Waals surface area contributed by atoms with E-state index in [9.17, 15) is 4.79 Å². The minimum atomic E-state index is -0.134. The molecular weight excluding hydrogens is 314 g/mol. The molecule has 0 spiro atoms. The molecule has 1 atom stereocenters. The quantitative estimate of drug-likeness (QED) is 0.862. The van der Waals surface area contributed by atoms with E-state index < -0.39 is 0 Å². The van der Waals surface area contributed by atoms with Gasteiger partial charge in [0.05, 0.1) is 6.42 Å². The molecule has 0 aliphatic carbocycles. The van der Waals surface area contributed by atoms with Crippen molar-refractivity contribution in [3.8, 4) is 0 Å². The van der Waals surface area contributed by atoms with Gasteiger partial charge in [-0.25, -0.2) is 0 Å². The van der Waals surface area contributed by atoms with E-state index in [0.29, 0.717) is 13.0 Å². The molecule has 1 heterocycles. The van der Waals surface area contributed by atoms with Gasteiger partial charge in [0.25, 0.3) is 0 Å². The van der Waals surface area contributed by atoms with E-state index >= 15 is 0 Å². The summed E-state index contributed by atoms with van der Waals surface area (Å²) in [5.74, 6) is 1.98. The van der Waals surface area contributed by atoms with E-state index in [0.717, 1.165) is 28.1 Å². The number of carbonyl (C=O) groups is 1. The number of benzene rings is 1. The molecule has 5 heteroatoms. The Morgan fingerprint density at radius 1 is 1.50 bits per heavy atom. The molecule has 0 amide bonds. The van der Waals surface area contributed by atoms with Crippen LogP contribution in [0.25, 0.3) is 0 Å². The number of ether oxygens (including phenoxy) is 1.